The van der Waals surface area contributed by atoms with Crippen LogP contribution in [0.1, 0.15) is 41.7 Å². The van der Waals surface area contributed by atoms with Crippen molar-refractivity contribution < 1.29 is 9.90 Å². The maximum Gasteiger partial charge on any atom is 0.275 e. The van der Waals surface area contributed by atoms with Crippen LogP contribution in [0, 0.1) is 5.92 Å². The minimum absolute atomic E-state index is 0.0567. The lowest BCUT2D eigenvalue weighted by molar-refractivity contribution is 0.0280. The average Bonchev–Trinajstić information content (AvgIpc) is 3.40. The van der Waals surface area contributed by atoms with Crippen molar-refractivity contribution in [1.82, 2.24) is 19.7 Å². The molecule has 0 radical (unpaired) electrons. The van der Waals surface area contributed by atoms with E-state index in [2.05, 4.69) is 10.1 Å². The number of likely N-dealkylation sites (tertiary alicyclic amines) is 1. The lowest BCUT2D eigenvalue weighted by Gasteiger charge is -2.35. The number of carbonyl (C=O) groups excluding carboxylic acids is 1. The smallest absolute Gasteiger partial charge is 0.275 e. The summed E-state index contributed by atoms with van der Waals surface area (Å²) in [6.45, 7) is 1.91. The van der Waals surface area contributed by atoms with Gasteiger partial charge < -0.3 is 10.0 Å². The number of hydrogen-bond acceptors (Lipinski definition) is 4. The Morgan fingerprint density at radius 2 is 2.00 bits per heavy atom. The first-order valence-electron chi connectivity index (χ1n) is 10.0. The van der Waals surface area contributed by atoms with Crippen molar-refractivity contribution in [2.24, 2.45) is 5.92 Å². The van der Waals surface area contributed by atoms with Crippen LogP contribution in [0.4, 0.5) is 0 Å². The van der Waals surface area contributed by atoms with Crippen LogP contribution in [0.15, 0.2) is 48.7 Å². The molecule has 1 saturated heterocycles. The number of piperidine rings is 1. The van der Waals surface area contributed by atoms with Crippen LogP contribution < -0.4 is 0 Å². The Morgan fingerprint density at radius 3 is 2.79 bits per heavy atom. The SMILES string of the molecule is O=C(c1nn(Cc2ccccc2)c2ncccc12)N1CCCC(C2(O)CC2)C1. The van der Waals surface area contributed by atoms with E-state index in [4.69, 9.17) is 0 Å². The number of hydrogen-bond donors (Lipinski definition) is 1. The minimum Gasteiger partial charge on any atom is -0.390 e. The molecule has 3 heterocycles. The number of amides is 1. The third-order valence-corrected chi connectivity index (χ3v) is 6.12. The van der Waals surface area contributed by atoms with E-state index in [0.29, 0.717) is 18.8 Å². The normalized spacial score (nSPS) is 21.0. The summed E-state index contributed by atoms with van der Waals surface area (Å²) in [5.74, 6) is 0.125. The predicted molar refractivity (Wildman–Crippen MR) is 106 cm³/mol. The van der Waals surface area contributed by atoms with Gasteiger partial charge in [0.2, 0.25) is 0 Å². The molecule has 5 rings (SSSR count). The number of pyridine rings is 1. The van der Waals surface area contributed by atoms with E-state index in [1.54, 1.807) is 6.20 Å². The standard InChI is InChI=1S/C22H24N4O2/c27-21(25-13-5-8-17(15-25)22(28)10-11-22)19-18-9-4-12-23-20(18)26(24-19)14-16-6-2-1-3-7-16/h1-4,6-7,9,12,17,28H,5,8,10-11,13-15H2. The fourth-order valence-corrected chi connectivity index (χ4v) is 4.32. The van der Waals surface area contributed by atoms with Gasteiger partial charge in [0.15, 0.2) is 11.3 Å². The molecule has 28 heavy (non-hydrogen) atoms. The zero-order valence-corrected chi connectivity index (χ0v) is 15.8. The van der Waals surface area contributed by atoms with E-state index in [1.807, 2.05) is 52.0 Å². The highest BCUT2D eigenvalue weighted by Gasteiger charge is 2.49. The molecule has 1 amide bonds. The molecule has 1 aromatic carbocycles. The first kappa shape index (κ1) is 17.4. The number of benzene rings is 1. The van der Waals surface area contributed by atoms with Crippen molar-refractivity contribution in [3.05, 3.63) is 59.9 Å². The molecule has 2 fully saturated rings. The van der Waals surface area contributed by atoms with Gasteiger partial charge in [-0.05, 0) is 43.4 Å². The third kappa shape index (κ3) is 3.07. The largest absolute Gasteiger partial charge is 0.390 e. The molecular weight excluding hydrogens is 352 g/mol. The molecule has 1 atom stereocenters. The van der Waals surface area contributed by atoms with Gasteiger partial charge in [-0.3, -0.25) is 4.79 Å². The topological polar surface area (TPSA) is 71.2 Å². The van der Waals surface area contributed by atoms with Crippen molar-refractivity contribution in [1.29, 1.82) is 0 Å². The monoisotopic (exact) mass is 376 g/mol. The molecule has 1 aliphatic heterocycles. The van der Waals surface area contributed by atoms with Crippen LogP contribution in [0.2, 0.25) is 0 Å². The van der Waals surface area contributed by atoms with E-state index in [1.165, 1.54) is 0 Å². The molecule has 1 aliphatic carbocycles. The Morgan fingerprint density at radius 1 is 1.18 bits per heavy atom. The molecule has 0 bridgehead atoms. The Balaban J connectivity index is 1.46. The zero-order valence-electron chi connectivity index (χ0n) is 15.8. The van der Waals surface area contributed by atoms with E-state index < -0.39 is 5.60 Å². The first-order chi connectivity index (χ1) is 13.6. The van der Waals surface area contributed by atoms with E-state index in [0.717, 1.165) is 48.8 Å². The lowest BCUT2D eigenvalue weighted by atomic mass is 9.90. The maximum atomic E-state index is 13.3. The van der Waals surface area contributed by atoms with Crippen molar-refractivity contribution in [3.8, 4) is 0 Å². The number of aliphatic hydroxyl groups is 1. The summed E-state index contributed by atoms with van der Waals surface area (Å²) < 4.78 is 1.81. The van der Waals surface area contributed by atoms with Crippen LogP contribution in [0.25, 0.3) is 11.0 Å². The number of nitrogens with zero attached hydrogens (tertiary/aromatic N) is 4. The van der Waals surface area contributed by atoms with E-state index in [9.17, 15) is 9.90 Å². The second kappa shape index (κ2) is 6.71. The summed E-state index contributed by atoms with van der Waals surface area (Å²) in [4.78, 5) is 19.7. The molecule has 1 saturated carbocycles. The molecule has 6 nitrogen and oxygen atoms in total. The minimum atomic E-state index is -0.546. The highest BCUT2D eigenvalue weighted by Crippen LogP contribution is 2.45. The summed E-state index contributed by atoms with van der Waals surface area (Å²) in [7, 11) is 0. The van der Waals surface area contributed by atoms with Crippen molar-refractivity contribution in [2.75, 3.05) is 13.1 Å². The maximum absolute atomic E-state index is 13.3. The summed E-state index contributed by atoms with van der Waals surface area (Å²) in [5, 5.41) is 15.9. The van der Waals surface area contributed by atoms with Gasteiger partial charge >= 0.3 is 0 Å². The highest BCUT2D eigenvalue weighted by molar-refractivity contribution is 6.04. The quantitative estimate of drug-likeness (QED) is 0.760. The van der Waals surface area contributed by atoms with Gasteiger partial charge in [0.1, 0.15) is 0 Å². The van der Waals surface area contributed by atoms with Gasteiger partial charge in [0.05, 0.1) is 17.5 Å². The summed E-state index contributed by atoms with van der Waals surface area (Å²) in [5.41, 5.74) is 1.76. The molecule has 2 aliphatic rings. The van der Waals surface area contributed by atoms with Gasteiger partial charge in [-0.25, -0.2) is 9.67 Å². The molecule has 144 valence electrons. The van der Waals surface area contributed by atoms with Gasteiger partial charge in [-0.2, -0.15) is 5.10 Å². The van der Waals surface area contributed by atoms with Crippen LogP contribution in [0.5, 0.6) is 0 Å². The van der Waals surface area contributed by atoms with Gasteiger partial charge in [-0.1, -0.05) is 30.3 Å². The highest BCUT2D eigenvalue weighted by atomic mass is 16.3. The zero-order chi connectivity index (χ0) is 19.1. The summed E-state index contributed by atoms with van der Waals surface area (Å²) in [6, 6.07) is 13.8. The van der Waals surface area contributed by atoms with Crippen LogP contribution in [-0.2, 0) is 6.54 Å². The van der Waals surface area contributed by atoms with Crippen LogP contribution in [0.3, 0.4) is 0 Å². The van der Waals surface area contributed by atoms with Crippen molar-refractivity contribution in [3.63, 3.8) is 0 Å². The first-order valence-corrected chi connectivity index (χ1v) is 10.0. The molecular formula is C22H24N4O2. The number of rotatable bonds is 4. The second-order valence-corrected chi connectivity index (χ2v) is 8.06. The Bertz CT molecular complexity index is 1010. The Hall–Kier alpha value is -2.73. The number of fused-ring (bicyclic) bond motifs is 1. The molecule has 1 N–H and O–H groups in total. The molecule has 6 heteroatoms. The number of carbonyl (C=O) groups is 1. The van der Waals surface area contributed by atoms with Crippen LogP contribution in [-0.4, -0.2) is 49.4 Å². The molecule has 1 unspecified atom stereocenters. The third-order valence-electron chi connectivity index (χ3n) is 6.12. The van der Waals surface area contributed by atoms with E-state index in [-0.39, 0.29) is 11.8 Å². The molecule has 2 aromatic heterocycles. The van der Waals surface area contributed by atoms with Crippen LogP contribution >= 0.6 is 0 Å². The molecule has 0 spiro atoms. The van der Waals surface area contributed by atoms with E-state index >= 15 is 0 Å². The van der Waals surface area contributed by atoms with Crippen molar-refractivity contribution in [2.45, 2.75) is 37.8 Å². The average molecular weight is 376 g/mol. The Kier molecular flexibility index (Phi) is 4.16. The Labute approximate surface area is 163 Å². The fraction of sp³-hybridized carbons (Fsp3) is 0.409. The fourth-order valence-electron chi connectivity index (χ4n) is 4.32. The van der Waals surface area contributed by atoms with Gasteiger partial charge in [0.25, 0.3) is 5.91 Å². The van der Waals surface area contributed by atoms with Gasteiger partial charge in [-0.15, -0.1) is 0 Å². The van der Waals surface area contributed by atoms with Gasteiger partial charge in [0, 0.05) is 25.2 Å². The molecule has 3 aromatic rings. The second-order valence-electron chi connectivity index (χ2n) is 8.06. The van der Waals surface area contributed by atoms with Crippen molar-refractivity contribution >= 4 is 16.9 Å². The predicted octanol–water partition coefficient (Wildman–Crippen LogP) is 2.86. The summed E-state index contributed by atoms with van der Waals surface area (Å²) >= 11 is 0. The summed E-state index contributed by atoms with van der Waals surface area (Å²) in [6.07, 6.45) is 5.38. The number of aromatic nitrogens is 3. The lowest BCUT2D eigenvalue weighted by Crippen LogP contribution is -2.44.